The van der Waals surface area contributed by atoms with Crippen molar-refractivity contribution in [3.8, 4) is 11.5 Å². The van der Waals surface area contributed by atoms with E-state index in [2.05, 4.69) is 31.2 Å². The molecule has 0 radical (unpaired) electrons. The Labute approximate surface area is 155 Å². The Morgan fingerprint density at radius 1 is 1.19 bits per heavy atom. The fourth-order valence-electron chi connectivity index (χ4n) is 3.15. The first-order chi connectivity index (χ1) is 12.1. The molecule has 1 aromatic heterocycles. The molecule has 0 saturated heterocycles. The minimum atomic E-state index is -0.246. The molecule has 0 aliphatic rings. The maximum Gasteiger partial charge on any atom is 0.255 e. The summed E-state index contributed by atoms with van der Waals surface area (Å²) in [6.45, 7) is 11.9. The Bertz CT molecular complexity index is 803. The molecule has 6 nitrogen and oxygen atoms in total. The van der Waals surface area contributed by atoms with E-state index >= 15 is 0 Å². The molecule has 0 aliphatic heterocycles. The molecule has 142 valence electrons. The van der Waals surface area contributed by atoms with E-state index < -0.39 is 0 Å². The van der Waals surface area contributed by atoms with Crippen LogP contribution in [0.1, 0.15) is 61.0 Å². The van der Waals surface area contributed by atoms with Crippen LogP contribution in [0.25, 0.3) is 0 Å². The lowest BCUT2D eigenvalue weighted by molar-refractivity contribution is 0.0938. The topological polar surface area (TPSA) is 65.4 Å². The second-order valence-corrected chi connectivity index (χ2v) is 7.43. The van der Waals surface area contributed by atoms with Crippen LogP contribution in [0.5, 0.6) is 11.5 Å². The van der Waals surface area contributed by atoms with Gasteiger partial charge in [-0.3, -0.25) is 9.48 Å². The summed E-state index contributed by atoms with van der Waals surface area (Å²) in [5, 5.41) is 7.61. The maximum absolute atomic E-state index is 12.9. The van der Waals surface area contributed by atoms with Crippen molar-refractivity contribution >= 4 is 5.91 Å². The average Bonchev–Trinajstić information content (AvgIpc) is 2.88. The Hall–Kier alpha value is -2.50. The van der Waals surface area contributed by atoms with Crippen LogP contribution in [-0.4, -0.2) is 29.9 Å². The molecular formula is C20H29N3O3. The van der Waals surface area contributed by atoms with Crippen LogP contribution in [0.3, 0.4) is 0 Å². The number of benzene rings is 1. The van der Waals surface area contributed by atoms with Gasteiger partial charge in [0.2, 0.25) is 0 Å². The minimum absolute atomic E-state index is 0.145. The summed E-state index contributed by atoms with van der Waals surface area (Å²) in [7, 11) is 3.23. The van der Waals surface area contributed by atoms with Crippen LogP contribution in [0.4, 0.5) is 0 Å². The Kier molecular flexibility index (Phi) is 5.64. The number of hydrogen-bond donors (Lipinski definition) is 1. The Balaban J connectivity index is 2.32. The van der Waals surface area contributed by atoms with Gasteiger partial charge in [0, 0.05) is 11.3 Å². The van der Waals surface area contributed by atoms with Gasteiger partial charge in [-0.1, -0.05) is 0 Å². The number of methoxy groups -OCH3 is 2. The van der Waals surface area contributed by atoms with Gasteiger partial charge in [0.05, 0.1) is 37.1 Å². The number of aromatic nitrogens is 2. The Morgan fingerprint density at radius 3 is 2.35 bits per heavy atom. The fraction of sp³-hybridized carbons (Fsp3) is 0.500. The molecule has 2 aromatic rings. The quantitative estimate of drug-likeness (QED) is 0.883. The molecule has 6 heteroatoms. The van der Waals surface area contributed by atoms with E-state index in [4.69, 9.17) is 9.47 Å². The predicted molar refractivity (Wildman–Crippen MR) is 102 cm³/mol. The van der Waals surface area contributed by atoms with Gasteiger partial charge in [0.1, 0.15) is 11.5 Å². The molecule has 0 fully saturated rings. The van der Waals surface area contributed by atoms with E-state index in [1.54, 1.807) is 14.2 Å². The number of ether oxygens (including phenoxy) is 2. The van der Waals surface area contributed by atoms with Gasteiger partial charge in [0.15, 0.2) is 0 Å². The molecule has 1 heterocycles. The molecule has 26 heavy (non-hydrogen) atoms. The van der Waals surface area contributed by atoms with E-state index in [0.29, 0.717) is 11.3 Å². The van der Waals surface area contributed by atoms with Crippen molar-refractivity contribution in [1.29, 1.82) is 0 Å². The molecule has 1 unspecified atom stereocenters. The standard InChI is InChI=1S/C20H29N3O3/c1-12(16-11-15(25-7)9-10-17(16)26-8)21-19(24)18-13(2)22-23(14(18)3)20(4,5)6/h9-12H,1-8H3,(H,21,24). The zero-order valence-electron chi connectivity index (χ0n) is 16.9. The van der Waals surface area contributed by atoms with E-state index in [-0.39, 0.29) is 17.5 Å². The lowest BCUT2D eigenvalue weighted by atomic mass is 10.0. The summed E-state index contributed by atoms with van der Waals surface area (Å²) in [5.74, 6) is 1.28. The number of nitrogens with one attached hydrogen (secondary N) is 1. The third-order valence-corrected chi connectivity index (χ3v) is 4.40. The first kappa shape index (κ1) is 19.8. The van der Waals surface area contributed by atoms with E-state index in [1.165, 1.54) is 0 Å². The van der Waals surface area contributed by atoms with Crippen molar-refractivity contribution in [3.63, 3.8) is 0 Å². The van der Waals surface area contributed by atoms with Crippen molar-refractivity contribution in [2.75, 3.05) is 14.2 Å². The minimum Gasteiger partial charge on any atom is -0.497 e. The molecular weight excluding hydrogens is 330 g/mol. The summed E-state index contributed by atoms with van der Waals surface area (Å²) < 4.78 is 12.6. The number of rotatable bonds is 5. The smallest absolute Gasteiger partial charge is 0.255 e. The summed E-state index contributed by atoms with van der Waals surface area (Å²) in [6, 6.07) is 5.30. The third kappa shape index (κ3) is 3.84. The zero-order valence-corrected chi connectivity index (χ0v) is 16.9. The zero-order chi connectivity index (χ0) is 19.6. The van der Waals surface area contributed by atoms with E-state index in [1.807, 2.05) is 43.7 Å². The van der Waals surface area contributed by atoms with E-state index in [9.17, 15) is 4.79 Å². The summed E-state index contributed by atoms with van der Waals surface area (Å²) >= 11 is 0. The van der Waals surface area contributed by atoms with Crippen molar-refractivity contribution < 1.29 is 14.3 Å². The van der Waals surface area contributed by atoms with Crippen LogP contribution in [-0.2, 0) is 5.54 Å². The molecule has 0 saturated carbocycles. The predicted octanol–water partition coefficient (Wildman–Crippen LogP) is 3.76. The van der Waals surface area contributed by atoms with Crippen molar-refractivity contribution in [3.05, 3.63) is 40.7 Å². The van der Waals surface area contributed by atoms with Crippen LogP contribution in [0.15, 0.2) is 18.2 Å². The van der Waals surface area contributed by atoms with Crippen molar-refractivity contribution in [2.45, 2.75) is 53.1 Å². The molecule has 0 bridgehead atoms. The second kappa shape index (κ2) is 7.40. The van der Waals surface area contributed by atoms with Crippen LogP contribution >= 0.6 is 0 Å². The molecule has 0 spiro atoms. The number of amides is 1. The van der Waals surface area contributed by atoms with Crippen molar-refractivity contribution in [1.82, 2.24) is 15.1 Å². The third-order valence-electron chi connectivity index (χ3n) is 4.40. The molecule has 1 N–H and O–H groups in total. The fourth-order valence-corrected chi connectivity index (χ4v) is 3.15. The number of aryl methyl sites for hydroxylation is 1. The highest BCUT2D eigenvalue weighted by Crippen LogP contribution is 2.30. The van der Waals surface area contributed by atoms with Crippen LogP contribution in [0, 0.1) is 13.8 Å². The van der Waals surface area contributed by atoms with Gasteiger partial charge in [-0.15, -0.1) is 0 Å². The van der Waals surface area contributed by atoms with Gasteiger partial charge >= 0.3 is 0 Å². The molecule has 1 amide bonds. The lowest BCUT2D eigenvalue weighted by Crippen LogP contribution is -2.29. The largest absolute Gasteiger partial charge is 0.497 e. The lowest BCUT2D eigenvalue weighted by Gasteiger charge is -2.22. The SMILES string of the molecule is COc1ccc(OC)c(C(C)NC(=O)c2c(C)nn(C(C)(C)C)c2C)c1. The van der Waals surface area contributed by atoms with Gasteiger partial charge in [-0.05, 0) is 59.7 Å². The van der Waals surface area contributed by atoms with Gasteiger partial charge < -0.3 is 14.8 Å². The first-order valence-corrected chi connectivity index (χ1v) is 8.69. The molecule has 2 rings (SSSR count). The second-order valence-electron chi connectivity index (χ2n) is 7.43. The number of nitrogens with zero attached hydrogens (tertiary/aromatic N) is 2. The summed E-state index contributed by atoms with van der Waals surface area (Å²) in [4.78, 5) is 12.9. The highest BCUT2D eigenvalue weighted by molar-refractivity contribution is 5.96. The van der Waals surface area contributed by atoms with Crippen molar-refractivity contribution in [2.24, 2.45) is 0 Å². The summed E-state index contributed by atoms with van der Waals surface area (Å²) in [5.41, 5.74) is 2.87. The number of hydrogen-bond acceptors (Lipinski definition) is 4. The highest BCUT2D eigenvalue weighted by Gasteiger charge is 2.26. The molecule has 1 aromatic carbocycles. The Morgan fingerprint density at radius 2 is 1.85 bits per heavy atom. The van der Waals surface area contributed by atoms with Gasteiger partial charge in [0.25, 0.3) is 5.91 Å². The van der Waals surface area contributed by atoms with Crippen LogP contribution in [0.2, 0.25) is 0 Å². The maximum atomic E-state index is 12.9. The molecule has 1 atom stereocenters. The monoisotopic (exact) mass is 359 g/mol. The van der Waals surface area contributed by atoms with Crippen LogP contribution < -0.4 is 14.8 Å². The number of carbonyl (C=O) groups is 1. The average molecular weight is 359 g/mol. The van der Waals surface area contributed by atoms with Gasteiger partial charge in [-0.25, -0.2) is 0 Å². The highest BCUT2D eigenvalue weighted by atomic mass is 16.5. The normalized spacial score (nSPS) is 12.6. The van der Waals surface area contributed by atoms with E-state index in [0.717, 1.165) is 22.7 Å². The van der Waals surface area contributed by atoms with Gasteiger partial charge in [-0.2, -0.15) is 5.10 Å². The number of carbonyl (C=O) groups excluding carboxylic acids is 1. The summed E-state index contributed by atoms with van der Waals surface area (Å²) in [6.07, 6.45) is 0. The molecule has 0 aliphatic carbocycles. The first-order valence-electron chi connectivity index (χ1n) is 8.69.